The summed E-state index contributed by atoms with van der Waals surface area (Å²) in [5.74, 6) is 0.696. The molecule has 2 unspecified atom stereocenters. The van der Waals surface area contributed by atoms with Crippen molar-refractivity contribution in [1.29, 1.82) is 0 Å². The third-order valence-electron chi connectivity index (χ3n) is 4.98. The predicted molar refractivity (Wildman–Crippen MR) is 94.1 cm³/mol. The van der Waals surface area contributed by atoms with Crippen LogP contribution in [0.15, 0.2) is 24.3 Å². The van der Waals surface area contributed by atoms with Crippen molar-refractivity contribution < 1.29 is 0 Å². The van der Waals surface area contributed by atoms with Crippen molar-refractivity contribution in [2.24, 2.45) is 5.92 Å². The van der Waals surface area contributed by atoms with Crippen LogP contribution in [-0.4, -0.2) is 0 Å². The molecule has 0 aromatic heterocycles. The highest BCUT2D eigenvalue weighted by molar-refractivity contribution is 6.21. The molecule has 0 aliphatic heterocycles. The fourth-order valence-corrected chi connectivity index (χ4v) is 4.07. The maximum atomic E-state index is 6.71. The van der Waals surface area contributed by atoms with E-state index in [1.165, 1.54) is 81.8 Å². The Balaban J connectivity index is 1.62. The number of benzene rings is 1. The van der Waals surface area contributed by atoms with E-state index in [0.29, 0.717) is 5.92 Å². The molecule has 0 N–H and O–H groups in total. The van der Waals surface area contributed by atoms with Gasteiger partial charge >= 0.3 is 0 Å². The Hall–Kier alpha value is -0.490. The van der Waals surface area contributed by atoms with Gasteiger partial charge in [0.05, 0.1) is 5.38 Å². The summed E-state index contributed by atoms with van der Waals surface area (Å²) in [5, 5.41) is 0.250. The smallest absolute Gasteiger partial charge is 0.0616 e. The fourth-order valence-electron chi connectivity index (χ4n) is 3.60. The second kappa shape index (κ2) is 9.51. The Labute approximate surface area is 136 Å². The van der Waals surface area contributed by atoms with Crippen LogP contribution in [0.25, 0.3) is 0 Å². The lowest BCUT2D eigenvalue weighted by Gasteiger charge is -2.29. The van der Waals surface area contributed by atoms with Gasteiger partial charge in [-0.25, -0.2) is 0 Å². The maximum Gasteiger partial charge on any atom is 0.0616 e. The first-order chi connectivity index (χ1) is 10.3. The molecular formula is C20H31Cl. The molecule has 0 saturated heterocycles. The van der Waals surface area contributed by atoms with Gasteiger partial charge in [0.25, 0.3) is 0 Å². The minimum atomic E-state index is 0.250. The van der Waals surface area contributed by atoms with Gasteiger partial charge in [-0.2, -0.15) is 0 Å². The highest BCUT2D eigenvalue weighted by Gasteiger charge is 2.26. The van der Waals surface area contributed by atoms with Crippen molar-refractivity contribution in [3.63, 3.8) is 0 Å². The maximum absolute atomic E-state index is 6.71. The van der Waals surface area contributed by atoms with Crippen LogP contribution in [0.5, 0.6) is 0 Å². The van der Waals surface area contributed by atoms with Crippen LogP contribution < -0.4 is 0 Å². The number of unbranched alkanes of at least 4 members (excludes halogenated alkanes) is 7. The Morgan fingerprint density at radius 3 is 2.38 bits per heavy atom. The number of alkyl halides is 1. The molecule has 1 aromatic carbocycles. The molecule has 0 nitrogen and oxygen atoms in total. The van der Waals surface area contributed by atoms with Crippen molar-refractivity contribution >= 4 is 11.6 Å². The van der Waals surface area contributed by atoms with Crippen molar-refractivity contribution in [2.45, 2.75) is 82.9 Å². The van der Waals surface area contributed by atoms with Crippen molar-refractivity contribution in [1.82, 2.24) is 0 Å². The molecule has 1 aromatic rings. The number of fused-ring (bicyclic) bond motifs is 1. The zero-order valence-electron chi connectivity index (χ0n) is 13.6. The van der Waals surface area contributed by atoms with E-state index >= 15 is 0 Å². The molecule has 0 fully saturated rings. The van der Waals surface area contributed by atoms with Crippen LogP contribution in [0.1, 0.15) is 87.6 Å². The summed E-state index contributed by atoms with van der Waals surface area (Å²) in [4.78, 5) is 0. The molecule has 2 rings (SSSR count). The minimum absolute atomic E-state index is 0.250. The molecular weight excluding hydrogens is 276 g/mol. The number of aryl methyl sites for hydroxylation is 1. The number of halogens is 1. The van der Waals surface area contributed by atoms with Gasteiger partial charge in [0, 0.05) is 0 Å². The van der Waals surface area contributed by atoms with E-state index in [9.17, 15) is 0 Å². The van der Waals surface area contributed by atoms with Gasteiger partial charge in [-0.05, 0) is 36.3 Å². The highest BCUT2D eigenvalue weighted by atomic mass is 35.5. The molecule has 2 atom stereocenters. The molecule has 1 heteroatoms. The second-order valence-corrected chi connectivity index (χ2v) is 7.13. The second-order valence-electron chi connectivity index (χ2n) is 6.66. The van der Waals surface area contributed by atoms with Crippen LogP contribution in [0.3, 0.4) is 0 Å². The Kier molecular flexibility index (Phi) is 7.64. The first kappa shape index (κ1) is 16.9. The van der Waals surface area contributed by atoms with Crippen molar-refractivity contribution in [2.75, 3.05) is 0 Å². The first-order valence-electron chi connectivity index (χ1n) is 9.04. The number of hydrogen-bond acceptors (Lipinski definition) is 0. The highest BCUT2D eigenvalue weighted by Crippen LogP contribution is 2.41. The fraction of sp³-hybridized carbons (Fsp3) is 0.700. The average molecular weight is 307 g/mol. The zero-order chi connectivity index (χ0) is 14.9. The van der Waals surface area contributed by atoms with E-state index in [-0.39, 0.29) is 5.38 Å². The largest absolute Gasteiger partial charge is 0.118 e. The van der Waals surface area contributed by atoms with E-state index < -0.39 is 0 Å². The van der Waals surface area contributed by atoms with Crippen molar-refractivity contribution in [3.8, 4) is 0 Å². The summed E-state index contributed by atoms with van der Waals surface area (Å²) in [6, 6.07) is 8.75. The third-order valence-corrected chi connectivity index (χ3v) is 5.57. The Morgan fingerprint density at radius 2 is 1.62 bits per heavy atom. The molecule has 0 saturated carbocycles. The molecule has 21 heavy (non-hydrogen) atoms. The molecule has 1 aliphatic carbocycles. The molecule has 1 aliphatic rings. The van der Waals surface area contributed by atoms with Crippen LogP contribution in [0, 0.1) is 5.92 Å². The van der Waals surface area contributed by atoms with Gasteiger partial charge in [0.1, 0.15) is 0 Å². The van der Waals surface area contributed by atoms with Crippen LogP contribution in [0.2, 0.25) is 0 Å². The zero-order valence-corrected chi connectivity index (χ0v) is 14.4. The van der Waals surface area contributed by atoms with Crippen LogP contribution in [0.4, 0.5) is 0 Å². The lowest BCUT2D eigenvalue weighted by molar-refractivity contribution is 0.393. The summed E-state index contributed by atoms with van der Waals surface area (Å²) in [7, 11) is 0. The molecule has 118 valence electrons. The van der Waals surface area contributed by atoms with E-state index in [1.807, 2.05) is 0 Å². The van der Waals surface area contributed by atoms with E-state index in [0.717, 1.165) is 0 Å². The summed E-state index contributed by atoms with van der Waals surface area (Å²) in [6.07, 6.45) is 15.0. The minimum Gasteiger partial charge on any atom is -0.118 e. The molecule has 0 heterocycles. The average Bonchev–Trinajstić information content (AvgIpc) is 2.52. The van der Waals surface area contributed by atoms with Gasteiger partial charge in [-0.3, -0.25) is 0 Å². The number of rotatable bonds is 9. The van der Waals surface area contributed by atoms with Gasteiger partial charge in [0.2, 0.25) is 0 Å². The molecule has 0 radical (unpaired) electrons. The lowest BCUT2D eigenvalue weighted by Crippen LogP contribution is -2.17. The molecule has 0 bridgehead atoms. The third kappa shape index (κ3) is 5.33. The monoisotopic (exact) mass is 306 g/mol. The Bertz CT molecular complexity index is 399. The van der Waals surface area contributed by atoms with Gasteiger partial charge in [-0.1, -0.05) is 82.6 Å². The summed E-state index contributed by atoms with van der Waals surface area (Å²) < 4.78 is 0. The van der Waals surface area contributed by atoms with Crippen LogP contribution in [-0.2, 0) is 6.42 Å². The Morgan fingerprint density at radius 1 is 0.952 bits per heavy atom. The lowest BCUT2D eigenvalue weighted by atomic mass is 9.81. The topological polar surface area (TPSA) is 0 Å². The SMILES string of the molecule is CCCCCCCCCCC1CCc2ccccc2C1Cl. The predicted octanol–water partition coefficient (Wildman–Crippen LogP) is 7.06. The molecule has 0 spiro atoms. The van der Waals surface area contributed by atoms with E-state index in [2.05, 4.69) is 31.2 Å². The standard InChI is InChI=1S/C20H31Cl/c1-2-3-4-5-6-7-8-9-13-18-16-15-17-12-10-11-14-19(17)20(18)21/h10-12,14,18,20H,2-9,13,15-16H2,1H3. The van der Waals surface area contributed by atoms with Gasteiger partial charge in [0.15, 0.2) is 0 Å². The summed E-state index contributed by atoms with van der Waals surface area (Å²) in [5.41, 5.74) is 2.87. The normalized spacial score (nSPS) is 21.2. The summed E-state index contributed by atoms with van der Waals surface area (Å²) in [6.45, 7) is 2.28. The van der Waals surface area contributed by atoms with Crippen LogP contribution >= 0.6 is 11.6 Å². The van der Waals surface area contributed by atoms with E-state index in [4.69, 9.17) is 11.6 Å². The summed E-state index contributed by atoms with van der Waals surface area (Å²) >= 11 is 6.71. The van der Waals surface area contributed by atoms with Gasteiger partial charge in [-0.15, -0.1) is 11.6 Å². The quantitative estimate of drug-likeness (QED) is 0.338. The first-order valence-corrected chi connectivity index (χ1v) is 9.48. The van der Waals surface area contributed by atoms with Gasteiger partial charge < -0.3 is 0 Å². The van der Waals surface area contributed by atoms with Crippen molar-refractivity contribution in [3.05, 3.63) is 35.4 Å². The number of hydrogen-bond donors (Lipinski definition) is 0. The van der Waals surface area contributed by atoms with E-state index in [1.54, 1.807) is 0 Å². The molecule has 0 amide bonds.